The summed E-state index contributed by atoms with van der Waals surface area (Å²) in [6, 6.07) is 5.86. The fourth-order valence-corrected chi connectivity index (χ4v) is 2.23. The van der Waals surface area contributed by atoms with E-state index in [1.54, 1.807) is 7.11 Å². The second-order valence-electron chi connectivity index (χ2n) is 5.12. The highest BCUT2D eigenvalue weighted by Crippen LogP contribution is 2.27. The fraction of sp³-hybridized carbons (Fsp3) is 0.562. The van der Waals surface area contributed by atoms with Crippen LogP contribution in [0.1, 0.15) is 44.9 Å². The van der Waals surface area contributed by atoms with Crippen LogP contribution < -0.4 is 10.1 Å². The van der Waals surface area contributed by atoms with E-state index in [0.717, 1.165) is 23.3 Å². The number of nitrogens with one attached hydrogen (secondary N) is 1. The van der Waals surface area contributed by atoms with E-state index in [0.29, 0.717) is 6.61 Å². The van der Waals surface area contributed by atoms with Crippen LogP contribution in [0.3, 0.4) is 0 Å². The molecule has 0 fully saturated rings. The van der Waals surface area contributed by atoms with Crippen molar-refractivity contribution < 1.29 is 14.3 Å². The van der Waals surface area contributed by atoms with Crippen LogP contribution in [0.2, 0.25) is 0 Å². The van der Waals surface area contributed by atoms with Crippen molar-refractivity contribution in [3.8, 4) is 5.75 Å². The lowest BCUT2D eigenvalue weighted by molar-refractivity contribution is -0.119. The number of rotatable bonds is 7. The van der Waals surface area contributed by atoms with Gasteiger partial charge in [-0.15, -0.1) is 0 Å². The van der Waals surface area contributed by atoms with Gasteiger partial charge in [0, 0.05) is 12.5 Å². The molecule has 4 nitrogen and oxygen atoms in total. The van der Waals surface area contributed by atoms with Gasteiger partial charge in [0.05, 0.1) is 25.9 Å². The van der Waals surface area contributed by atoms with Crippen LogP contribution in [0.5, 0.6) is 5.75 Å². The first-order chi connectivity index (χ1) is 9.45. The smallest absolute Gasteiger partial charge is 0.217 e. The minimum atomic E-state index is -0.0448. The van der Waals surface area contributed by atoms with Crippen molar-refractivity contribution in [2.75, 3.05) is 13.7 Å². The molecule has 0 radical (unpaired) electrons. The van der Waals surface area contributed by atoms with Gasteiger partial charge in [0.1, 0.15) is 5.75 Å². The molecule has 0 heterocycles. The average Bonchev–Trinajstić information content (AvgIpc) is 2.37. The largest absolute Gasteiger partial charge is 0.496 e. The number of benzene rings is 1. The third-order valence-electron chi connectivity index (χ3n) is 3.08. The van der Waals surface area contributed by atoms with Crippen LogP contribution in [-0.4, -0.2) is 25.7 Å². The van der Waals surface area contributed by atoms with Crippen LogP contribution in [0.4, 0.5) is 0 Å². The summed E-state index contributed by atoms with van der Waals surface area (Å²) < 4.78 is 11.0. The van der Waals surface area contributed by atoms with E-state index in [1.807, 2.05) is 39.0 Å². The maximum Gasteiger partial charge on any atom is 0.217 e. The van der Waals surface area contributed by atoms with Gasteiger partial charge < -0.3 is 14.8 Å². The Morgan fingerprint density at radius 1 is 1.30 bits per heavy atom. The molecule has 1 aromatic rings. The first-order valence-electron chi connectivity index (χ1n) is 7.00. The molecule has 0 bridgehead atoms. The van der Waals surface area contributed by atoms with E-state index in [-0.39, 0.29) is 18.1 Å². The summed E-state index contributed by atoms with van der Waals surface area (Å²) in [5.74, 6) is 0.803. The molecule has 1 amide bonds. The quantitative estimate of drug-likeness (QED) is 0.835. The number of carbonyl (C=O) groups is 1. The van der Waals surface area contributed by atoms with E-state index in [2.05, 4.69) is 5.32 Å². The SMILES string of the molecule is COc1cccc(C(C)NC(C)=O)c1CCOC(C)C. The fourth-order valence-electron chi connectivity index (χ4n) is 2.23. The van der Waals surface area contributed by atoms with Gasteiger partial charge >= 0.3 is 0 Å². The van der Waals surface area contributed by atoms with E-state index in [4.69, 9.17) is 9.47 Å². The number of hydrogen-bond donors (Lipinski definition) is 1. The summed E-state index contributed by atoms with van der Waals surface area (Å²) in [4.78, 5) is 11.2. The molecule has 1 atom stereocenters. The molecule has 1 N–H and O–H groups in total. The summed E-state index contributed by atoms with van der Waals surface area (Å²) in [6.07, 6.45) is 0.975. The normalized spacial score (nSPS) is 12.3. The number of ether oxygens (including phenoxy) is 2. The maximum absolute atomic E-state index is 11.2. The summed E-state index contributed by atoms with van der Waals surface area (Å²) in [5, 5.41) is 2.91. The third-order valence-corrected chi connectivity index (χ3v) is 3.08. The van der Waals surface area contributed by atoms with Gasteiger partial charge in [-0.25, -0.2) is 0 Å². The molecular weight excluding hydrogens is 254 g/mol. The van der Waals surface area contributed by atoms with Gasteiger partial charge in [0.2, 0.25) is 5.91 Å². The minimum Gasteiger partial charge on any atom is -0.496 e. The Bertz CT molecular complexity index is 443. The highest BCUT2D eigenvalue weighted by Gasteiger charge is 2.15. The molecule has 0 aliphatic heterocycles. The molecular formula is C16H25NO3. The molecule has 1 rings (SSSR count). The molecule has 0 aromatic heterocycles. The van der Waals surface area contributed by atoms with Crippen LogP contribution >= 0.6 is 0 Å². The van der Waals surface area contributed by atoms with E-state index in [1.165, 1.54) is 6.92 Å². The molecule has 0 saturated heterocycles. The maximum atomic E-state index is 11.2. The zero-order chi connectivity index (χ0) is 15.1. The number of methoxy groups -OCH3 is 1. The molecule has 0 aliphatic carbocycles. The summed E-state index contributed by atoms with van der Waals surface area (Å²) in [5.41, 5.74) is 2.17. The highest BCUT2D eigenvalue weighted by atomic mass is 16.5. The van der Waals surface area contributed by atoms with Crippen LogP contribution in [0, 0.1) is 0 Å². The minimum absolute atomic E-state index is 0.0373. The first kappa shape index (κ1) is 16.5. The lowest BCUT2D eigenvalue weighted by Gasteiger charge is -2.20. The van der Waals surface area contributed by atoms with Gasteiger partial charge in [-0.05, 0) is 38.8 Å². The van der Waals surface area contributed by atoms with Crippen molar-refractivity contribution in [1.82, 2.24) is 5.32 Å². The third kappa shape index (κ3) is 4.85. The molecule has 1 unspecified atom stereocenters. The summed E-state index contributed by atoms with van der Waals surface area (Å²) in [7, 11) is 1.66. The molecule has 0 aliphatic rings. The molecule has 1 aromatic carbocycles. The lowest BCUT2D eigenvalue weighted by atomic mass is 9.98. The molecule has 0 spiro atoms. The Kier molecular flexibility index (Phi) is 6.52. The number of amides is 1. The standard InChI is InChI=1S/C16H25NO3/c1-11(2)20-10-9-15-14(12(3)17-13(4)18)7-6-8-16(15)19-5/h6-8,11-12H,9-10H2,1-5H3,(H,17,18). The molecule has 4 heteroatoms. The van der Waals surface area contributed by atoms with Crippen molar-refractivity contribution >= 4 is 5.91 Å². The number of carbonyl (C=O) groups excluding carboxylic acids is 1. The highest BCUT2D eigenvalue weighted by molar-refractivity contribution is 5.73. The second-order valence-corrected chi connectivity index (χ2v) is 5.12. The Balaban J connectivity index is 2.94. The Morgan fingerprint density at radius 3 is 2.55 bits per heavy atom. The summed E-state index contributed by atoms with van der Waals surface area (Å²) in [6.45, 7) is 8.17. The monoisotopic (exact) mass is 279 g/mol. The van der Waals surface area contributed by atoms with Gasteiger partial charge in [-0.3, -0.25) is 4.79 Å². The molecule has 0 saturated carbocycles. The van der Waals surface area contributed by atoms with Crippen LogP contribution in [0.25, 0.3) is 0 Å². The Morgan fingerprint density at radius 2 is 2.00 bits per heavy atom. The van der Waals surface area contributed by atoms with Crippen molar-refractivity contribution in [1.29, 1.82) is 0 Å². The summed E-state index contributed by atoms with van der Waals surface area (Å²) >= 11 is 0. The molecule has 20 heavy (non-hydrogen) atoms. The van der Waals surface area contributed by atoms with E-state index >= 15 is 0 Å². The second kappa shape index (κ2) is 7.90. The average molecular weight is 279 g/mol. The zero-order valence-electron chi connectivity index (χ0n) is 13.0. The predicted octanol–water partition coefficient (Wildman–Crippen LogP) is 2.86. The van der Waals surface area contributed by atoms with Crippen molar-refractivity contribution in [3.05, 3.63) is 29.3 Å². The Labute approximate surface area is 121 Å². The first-order valence-corrected chi connectivity index (χ1v) is 7.00. The van der Waals surface area contributed by atoms with Gasteiger partial charge in [0.15, 0.2) is 0 Å². The van der Waals surface area contributed by atoms with Gasteiger partial charge in [0.25, 0.3) is 0 Å². The van der Waals surface area contributed by atoms with Crippen molar-refractivity contribution in [3.63, 3.8) is 0 Å². The zero-order valence-corrected chi connectivity index (χ0v) is 13.0. The topological polar surface area (TPSA) is 47.6 Å². The number of hydrogen-bond acceptors (Lipinski definition) is 3. The van der Waals surface area contributed by atoms with Crippen molar-refractivity contribution in [2.24, 2.45) is 0 Å². The van der Waals surface area contributed by atoms with Crippen LogP contribution in [0.15, 0.2) is 18.2 Å². The molecule has 112 valence electrons. The van der Waals surface area contributed by atoms with E-state index < -0.39 is 0 Å². The van der Waals surface area contributed by atoms with Gasteiger partial charge in [-0.1, -0.05) is 12.1 Å². The van der Waals surface area contributed by atoms with Crippen molar-refractivity contribution in [2.45, 2.75) is 46.3 Å². The lowest BCUT2D eigenvalue weighted by Crippen LogP contribution is -2.25. The Hall–Kier alpha value is -1.55. The predicted molar refractivity (Wildman–Crippen MR) is 80.0 cm³/mol. The van der Waals surface area contributed by atoms with E-state index in [9.17, 15) is 4.79 Å². The van der Waals surface area contributed by atoms with Gasteiger partial charge in [-0.2, -0.15) is 0 Å². The van der Waals surface area contributed by atoms with Crippen LogP contribution in [-0.2, 0) is 16.0 Å².